The normalized spacial score (nSPS) is 49.0. The molecule has 0 saturated carbocycles. The Kier molecular flexibility index (Phi) is 4.27. The summed E-state index contributed by atoms with van der Waals surface area (Å²) < 4.78 is 13.1. The van der Waals surface area contributed by atoms with Gasteiger partial charge in [0.25, 0.3) is 0 Å². The summed E-state index contributed by atoms with van der Waals surface area (Å²) in [5.74, 6) is 0. The SMILES string of the molecule is C1CC[N]2C(C1)C1CCCC[N]1[Pb]21[N]2CCCCC2C2CCCC[N]21. The van der Waals surface area contributed by atoms with Gasteiger partial charge in [0, 0.05) is 0 Å². The van der Waals surface area contributed by atoms with Gasteiger partial charge in [-0.1, -0.05) is 0 Å². The maximum absolute atomic E-state index is 3.27. The van der Waals surface area contributed by atoms with Crippen molar-refractivity contribution in [3.05, 3.63) is 0 Å². The van der Waals surface area contributed by atoms with Crippen LogP contribution in [0.3, 0.4) is 0 Å². The summed E-state index contributed by atoms with van der Waals surface area (Å²) >= 11 is -2.97. The molecule has 0 aliphatic carbocycles. The van der Waals surface area contributed by atoms with E-state index in [1.54, 1.807) is 0 Å². The Morgan fingerprint density at radius 1 is 0.400 bits per heavy atom. The maximum atomic E-state index is 3.27. The van der Waals surface area contributed by atoms with Crippen LogP contribution < -0.4 is 0 Å². The van der Waals surface area contributed by atoms with Crippen LogP contribution in [0.4, 0.5) is 0 Å². The van der Waals surface area contributed by atoms with Gasteiger partial charge in [-0.3, -0.25) is 0 Å². The third-order valence-electron chi connectivity index (χ3n) is 8.63. The molecule has 6 saturated heterocycles. The van der Waals surface area contributed by atoms with E-state index in [1.807, 2.05) is 0 Å². The first kappa shape index (κ1) is 16.7. The van der Waals surface area contributed by atoms with Gasteiger partial charge in [0.15, 0.2) is 0 Å². The van der Waals surface area contributed by atoms with Gasteiger partial charge in [-0.25, -0.2) is 0 Å². The Bertz CT molecular complexity index is 434. The molecular formula is C20H36N4Pb. The first-order valence-corrected chi connectivity index (χ1v) is 18.4. The molecular weight excluding hydrogens is 503 g/mol. The fourth-order valence-corrected chi connectivity index (χ4v) is 34.3. The minimum atomic E-state index is -2.97. The predicted octanol–water partition coefficient (Wildman–Crippen LogP) is 2.87. The summed E-state index contributed by atoms with van der Waals surface area (Å²) in [6.07, 6.45) is 18.0. The quantitative estimate of drug-likeness (QED) is 0.439. The molecule has 6 aliphatic rings. The van der Waals surface area contributed by atoms with Crippen LogP contribution in [0.15, 0.2) is 0 Å². The second kappa shape index (κ2) is 6.39. The molecule has 4 unspecified atom stereocenters. The average Bonchev–Trinajstić information content (AvgIpc) is 3.16. The standard InChI is InChI=1S/2C10H18N2.Pb/c2*1-3-7-11-9(5-1)10-6-2-4-8-12-10;/h2*9-10H,1-8H2;/q2*-2;+4. The molecule has 6 heterocycles. The molecule has 4 atom stereocenters. The van der Waals surface area contributed by atoms with Gasteiger partial charge in [-0.05, 0) is 0 Å². The van der Waals surface area contributed by atoms with E-state index in [-0.39, 0.29) is 0 Å². The van der Waals surface area contributed by atoms with E-state index in [9.17, 15) is 0 Å². The number of piperidine rings is 4. The second-order valence-electron chi connectivity index (χ2n) is 9.63. The van der Waals surface area contributed by atoms with Crippen LogP contribution >= 0.6 is 0 Å². The summed E-state index contributed by atoms with van der Waals surface area (Å²) in [7, 11) is 0. The van der Waals surface area contributed by atoms with Gasteiger partial charge in [0.05, 0.1) is 0 Å². The number of nitrogens with zero attached hydrogens (tertiary/aromatic N) is 4. The van der Waals surface area contributed by atoms with E-state index in [2.05, 4.69) is 10.8 Å². The Morgan fingerprint density at radius 2 is 0.680 bits per heavy atom. The molecule has 0 aromatic heterocycles. The zero-order chi connectivity index (χ0) is 16.4. The van der Waals surface area contributed by atoms with Crippen LogP contribution in [0.5, 0.6) is 0 Å². The third-order valence-corrected chi connectivity index (χ3v) is 29.2. The molecule has 5 heteroatoms. The number of rotatable bonds is 0. The Hall–Kier alpha value is 0.762. The van der Waals surface area contributed by atoms with Gasteiger partial charge in [-0.15, -0.1) is 0 Å². The van der Waals surface area contributed by atoms with Crippen LogP contribution in [-0.2, 0) is 0 Å². The van der Waals surface area contributed by atoms with Crippen molar-refractivity contribution in [3.8, 4) is 0 Å². The molecule has 1 spiro atoms. The summed E-state index contributed by atoms with van der Waals surface area (Å²) in [4.78, 5) is 0. The van der Waals surface area contributed by atoms with Gasteiger partial charge in [0.1, 0.15) is 0 Å². The van der Waals surface area contributed by atoms with E-state index in [4.69, 9.17) is 0 Å². The van der Waals surface area contributed by atoms with E-state index >= 15 is 0 Å². The van der Waals surface area contributed by atoms with Crippen molar-refractivity contribution in [2.45, 2.75) is 101 Å². The van der Waals surface area contributed by atoms with Crippen molar-refractivity contribution in [2.24, 2.45) is 0 Å². The van der Waals surface area contributed by atoms with E-state index in [0.29, 0.717) is 0 Å². The van der Waals surface area contributed by atoms with Crippen LogP contribution in [0.1, 0.15) is 77.0 Å². The first-order valence-electron chi connectivity index (χ1n) is 11.5. The summed E-state index contributed by atoms with van der Waals surface area (Å²) in [5, 5.41) is 0. The molecule has 0 aromatic rings. The van der Waals surface area contributed by atoms with E-state index in [0.717, 1.165) is 24.2 Å². The molecule has 0 amide bonds. The monoisotopic (exact) mass is 540 g/mol. The fourth-order valence-electron chi connectivity index (χ4n) is 7.91. The predicted molar refractivity (Wildman–Crippen MR) is 103 cm³/mol. The topological polar surface area (TPSA) is 13.0 Å². The van der Waals surface area contributed by atoms with Crippen LogP contribution in [-0.4, -0.2) is 83.6 Å². The second-order valence-corrected chi connectivity index (χ2v) is 23.2. The van der Waals surface area contributed by atoms with Gasteiger partial charge in [0.2, 0.25) is 0 Å². The fraction of sp³-hybridized carbons (Fsp3) is 1.00. The molecule has 6 fully saturated rings. The number of hydrogen-bond acceptors (Lipinski definition) is 4. The molecule has 0 N–H and O–H groups in total. The molecule has 140 valence electrons. The van der Waals surface area contributed by atoms with Crippen molar-refractivity contribution in [3.63, 3.8) is 0 Å². The van der Waals surface area contributed by atoms with Crippen molar-refractivity contribution < 1.29 is 0 Å². The Balaban J connectivity index is 1.50. The van der Waals surface area contributed by atoms with Crippen LogP contribution in [0, 0.1) is 0 Å². The third kappa shape index (κ3) is 2.18. The molecule has 6 rings (SSSR count). The Labute approximate surface area is 160 Å². The number of hydrogen-bond donors (Lipinski definition) is 0. The van der Waals surface area contributed by atoms with Gasteiger partial charge < -0.3 is 0 Å². The first-order chi connectivity index (χ1) is 12.4. The van der Waals surface area contributed by atoms with Crippen molar-refractivity contribution in [1.29, 1.82) is 0 Å². The molecule has 6 aliphatic heterocycles. The van der Waals surface area contributed by atoms with Crippen molar-refractivity contribution >= 4 is 22.4 Å². The van der Waals surface area contributed by atoms with Gasteiger partial charge >= 0.3 is 161 Å². The summed E-state index contributed by atoms with van der Waals surface area (Å²) in [6.45, 7) is 5.80. The Morgan fingerprint density at radius 3 is 0.960 bits per heavy atom. The molecule has 4 nitrogen and oxygen atoms in total. The molecule has 0 aromatic carbocycles. The number of fused-ring (bicyclic) bond motifs is 10. The average molecular weight is 540 g/mol. The van der Waals surface area contributed by atoms with E-state index < -0.39 is 22.4 Å². The van der Waals surface area contributed by atoms with Crippen molar-refractivity contribution in [1.82, 2.24) is 10.8 Å². The minimum absolute atomic E-state index is 0.943. The zero-order valence-electron chi connectivity index (χ0n) is 15.9. The molecule has 25 heavy (non-hydrogen) atoms. The summed E-state index contributed by atoms with van der Waals surface area (Å²) in [5.41, 5.74) is 0. The van der Waals surface area contributed by atoms with Crippen molar-refractivity contribution in [2.75, 3.05) is 26.2 Å². The zero-order valence-corrected chi connectivity index (χ0v) is 19.8. The van der Waals surface area contributed by atoms with Gasteiger partial charge in [-0.2, -0.15) is 0 Å². The van der Waals surface area contributed by atoms with Crippen LogP contribution in [0.2, 0.25) is 0 Å². The molecule has 0 radical (unpaired) electrons. The summed E-state index contributed by atoms with van der Waals surface area (Å²) in [6, 6.07) is 3.77. The molecule has 0 bridgehead atoms. The van der Waals surface area contributed by atoms with Crippen LogP contribution in [0.25, 0.3) is 0 Å². The van der Waals surface area contributed by atoms with E-state index in [1.165, 1.54) is 103 Å².